The molecule has 1 heterocycles. The number of hydrogen-bond donors (Lipinski definition) is 1. The van der Waals surface area contributed by atoms with Gasteiger partial charge in [0, 0.05) is 24.6 Å². The zero-order valence-electron chi connectivity index (χ0n) is 18.0. The van der Waals surface area contributed by atoms with E-state index in [1.54, 1.807) is 11.6 Å². The number of nitrogens with zero attached hydrogens (tertiary/aromatic N) is 2. The molecule has 0 aliphatic heterocycles. The molecule has 7 heteroatoms. The van der Waals surface area contributed by atoms with E-state index in [2.05, 4.69) is 34.0 Å². The molecule has 31 heavy (non-hydrogen) atoms. The maximum absolute atomic E-state index is 13.2. The van der Waals surface area contributed by atoms with Crippen LogP contribution in [0.25, 0.3) is 11.1 Å². The predicted molar refractivity (Wildman–Crippen MR) is 123 cm³/mol. The van der Waals surface area contributed by atoms with Crippen LogP contribution in [-0.2, 0) is 29.9 Å². The second kappa shape index (κ2) is 8.40. The van der Waals surface area contributed by atoms with Crippen LogP contribution in [-0.4, -0.2) is 30.3 Å². The highest BCUT2D eigenvalue weighted by Crippen LogP contribution is 2.33. The number of fused-ring (bicyclic) bond motifs is 1. The van der Waals surface area contributed by atoms with Crippen molar-refractivity contribution in [2.45, 2.75) is 38.1 Å². The summed E-state index contributed by atoms with van der Waals surface area (Å²) >= 11 is 0. The van der Waals surface area contributed by atoms with Crippen molar-refractivity contribution in [2.24, 2.45) is 7.05 Å². The smallest absolute Gasteiger partial charge is 0.257 e. The summed E-state index contributed by atoms with van der Waals surface area (Å²) < 4.78 is 28.4. The summed E-state index contributed by atoms with van der Waals surface area (Å²) in [5.74, 6) is 0.388. The van der Waals surface area contributed by atoms with E-state index in [0.717, 1.165) is 22.4 Å². The summed E-state index contributed by atoms with van der Waals surface area (Å²) in [6, 6.07) is 18.0. The molecule has 2 atom stereocenters. The van der Waals surface area contributed by atoms with Gasteiger partial charge < -0.3 is 0 Å². The van der Waals surface area contributed by atoms with E-state index in [4.69, 9.17) is 0 Å². The van der Waals surface area contributed by atoms with E-state index >= 15 is 0 Å². The van der Waals surface area contributed by atoms with Crippen LogP contribution in [0, 0.1) is 6.92 Å². The first-order valence-corrected chi connectivity index (χ1v) is 12.3. The highest BCUT2D eigenvalue weighted by atomic mass is 32.2. The van der Waals surface area contributed by atoms with Gasteiger partial charge in [0.15, 0.2) is 0 Å². The monoisotopic (exact) mass is 437 g/mol. The number of sulfonamides is 1. The van der Waals surface area contributed by atoms with Crippen LogP contribution in [0.4, 0.5) is 0 Å². The molecular formula is C24H27N3O3S. The molecule has 2 aromatic carbocycles. The van der Waals surface area contributed by atoms with E-state index in [1.807, 2.05) is 37.3 Å². The van der Waals surface area contributed by atoms with Crippen molar-refractivity contribution >= 4 is 10.0 Å². The zero-order chi connectivity index (χ0) is 22.2. The maximum atomic E-state index is 13.2. The van der Waals surface area contributed by atoms with E-state index < -0.39 is 10.0 Å². The van der Waals surface area contributed by atoms with Gasteiger partial charge in [-0.05, 0) is 42.9 Å². The van der Waals surface area contributed by atoms with Crippen LogP contribution in [0.15, 0.2) is 59.4 Å². The number of aromatic nitrogens is 2. The summed E-state index contributed by atoms with van der Waals surface area (Å²) in [4.78, 5) is 17.8. The van der Waals surface area contributed by atoms with Gasteiger partial charge in [0.05, 0.1) is 11.9 Å². The van der Waals surface area contributed by atoms with E-state index in [0.29, 0.717) is 30.7 Å². The van der Waals surface area contributed by atoms with E-state index in [1.165, 1.54) is 6.26 Å². The Kier molecular flexibility index (Phi) is 5.81. The van der Waals surface area contributed by atoms with Crippen molar-refractivity contribution in [2.75, 3.05) is 6.26 Å². The maximum Gasteiger partial charge on any atom is 0.257 e. The normalized spacial score (nSPS) is 18.5. The largest absolute Gasteiger partial charge is 0.300 e. The number of rotatable bonds is 5. The molecule has 0 unspecified atom stereocenters. The molecule has 1 N–H and O–H groups in total. The van der Waals surface area contributed by atoms with Crippen LogP contribution >= 0.6 is 0 Å². The first-order valence-electron chi connectivity index (χ1n) is 10.4. The van der Waals surface area contributed by atoms with Gasteiger partial charge in [-0.2, -0.15) is 0 Å². The number of aryl methyl sites for hydroxylation is 2. The van der Waals surface area contributed by atoms with Crippen LogP contribution < -0.4 is 10.3 Å². The van der Waals surface area contributed by atoms with Crippen molar-refractivity contribution in [3.8, 4) is 11.1 Å². The van der Waals surface area contributed by atoms with Gasteiger partial charge in [-0.15, -0.1) is 0 Å². The third-order valence-electron chi connectivity index (χ3n) is 6.03. The molecule has 0 spiro atoms. The van der Waals surface area contributed by atoms with Gasteiger partial charge in [-0.3, -0.25) is 9.36 Å². The Morgan fingerprint density at radius 2 is 1.81 bits per heavy atom. The van der Waals surface area contributed by atoms with Gasteiger partial charge in [0.1, 0.15) is 5.82 Å². The van der Waals surface area contributed by atoms with Crippen molar-refractivity contribution in [1.29, 1.82) is 0 Å². The lowest BCUT2D eigenvalue weighted by Crippen LogP contribution is -2.45. The Labute approximate surface area is 183 Å². The summed E-state index contributed by atoms with van der Waals surface area (Å²) in [6.07, 6.45) is 2.92. The van der Waals surface area contributed by atoms with Crippen LogP contribution in [0.5, 0.6) is 0 Å². The molecular weight excluding hydrogens is 410 g/mol. The van der Waals surface area contributed by atoms with E-state index in [9.17, 15) is 13.2 Å². The van der Waals surface area contributed by atoms with Crippen LogP contribution in [0.3, 0.4) is 0 Å². The Bertz CT molecular complexity index is 1270. The molecule has 0 radical (unpaired) electrons. The second-order valence-corrected chi connectivity index (χ2v) is 10.1. The molecule has 6 nitrogen and oxygen atoms in total. The van der Waals surface area contributed by atoms with Gasteiger partial charge in [0.25, 0.3) is 5.56 Å². The Balaban J connectivity index is 1.77. The quantitative estimate of drug-likeness (QED) is 0.665. The Morgan fingerprint density at radius 3 is 2.52 bits per heavy atom. The van der Waals surface area contributed by atoms with E-state index in [-0.39, 0.29) is 17.5 Å². The fraction of sp³-hybridized carbons (Fsp3) is 0.333. The Morgan fingerprint density at radius 1 is 1.10 bits per heavy atom. The minimum absolute atomic E-state index is 0.0910. The molecule has 162 valence electrons. The molecule has 1 aliphatic carbocycles. The molecule has 4 rings (SSSR count). The fourth-order valence-electron chi connectivity index (χ4n) is 4.46. The molecule has 0 saturated carbocycles. The van der Waals surface area contributed by atoms with Gasteiger partial charge in [-0.25, -0.2) is 18.1 Å². The lowest BCUT2D eigenvalue weighted by Gasteiger charge is -2.33. The van der Waals surface area contributed by atoms with Crippen molar-refractivity contribution in [3.63, 3.8) is 0 Å². The number of nitrogens with one attached hydrogen (secondary N) is 1. The third kappa shape index (κ3) is 4.62. The van der Waals surface area contributed by atoms with Crippen molar-refractivity contribution < 1.29 is 8.42 Å². The summed E-state index contributed by atoms with van der Waals surface area (Å²) in [5.41, 5.74) is 4.60. The molecule has 1 aromatic heterocycles. The highest BCUT2D eigenvalue weighted by Gasteiger charge is 2.35. The molecule has 0 saturated heterocycles. The van der Waals surface area contributed by atoms with Gasteiger partial charge in [-0.1, -0.05) is 54.6 Å². The predicted octanol–water partition coefficient (Wildman–Crippen LogP) is 2.95. The van der Waals surface area contributed by atoms with Crippen molar-refractivity contribution in [3.05, 3.63) is 87.6 Å². The lowest BCUT2D eigenvalue weighted by atomic mass is 9.78. The zero-order valence-corrected chi connectivity index (χ0v) is 18.8. The summed E-state index contributed by atoms with van der Waals surface area (Å²) in [6.45, 7) is 1.82. The van der Waals surface area contributed by atoms with Crippen molar-refractivity contribution in [1.82, 2.24) is 14.3 Å². The number of benzene rings is 2. The molecule has 1 aliphatic rings. The first kappa shape index (κ1) is 21.5. The first-order chi connectivity index (χ1) is 14.7. The number of hydrogen-bond acceptors (Lipinski definition) is 4. The molecule has 0 amide bonds. The van der Waals surface area contributed by atoms with Crippen LogP contribution in [0.1, 0.15) is 35.0 Å². The highest BCUT2D eigenvalue weighted by molar-refractivity contribution is 7.88. The second-order valence-electron chi connectivity index (χ2n) is 8.30. The molecule has 0 bridgehead atoms. The minimum Gasteiger partial charge on any atom is -0.300 e. The minimum atomic E-state index is -3.41. The van der Waals surface area contributed by atoms with Gasteiger partial charge in [0.2, 0.25) is 10.0 Å². The lowest BCUT2D eigenvalue weighted by molar-refractivity contribution is 0.417. The van der Waals surface area contributed by atoms with Gasteiger partial charge >= 0.3 is 0 Å². The average molecular weight is 438 g/mol. The average Bonchev–Trinajstić information content (AvgIpc) is 2.73. The van der Waals surface area contributed by atoms with Crippen LogP contribution in [0.2, 0.25) is 0 Å². The summed E-state index contributed by atoms with van der Waals surface area (Å²) in [5, 5.41) is 0. The molecule has 0 fully saturated rings. The Hall–Kier alpha value is -2.77. The summed E-state index contributed by atoms with van der Waals surface area (Å²) in [7, 11) is -1.70. The SMILES string of the molecule is Cc1nc2c(c(=O)n1C)[C@@H](Cc1cccc(-c3ccccc3)c1)[C@@H](NS(C)(=O)=O)CC2. The standard InChI is InChI=1S/C24H27N3O3S/c1-16-25-22-13-12-21(26-31(3,29)30)20(23(22)24(28)27(16)2)15-17-8-7-11-19(14-17)18-9-5-4-6-10-18/h4-11,14,20-21,26H,12-13,15H2,1-3H3/t20-,21-/m0/s1. The topological polar surface area (TPSA) is 81.1 Å². The third-order valence-corrected chi connectivity index (χ3v) is 6.76. The fourth-order valence-corrected chi connectivity index (χ4v) is 5.29. The molecule has 3 aromatic rings.